The van der Waals surface area contributed by atoms with E-state index < -0.39 is 24.3 Å². The number of esters is 1. The lowest BCUT2D eigenvalue weighted by molar-refractivity contribution is -0.119. The van der Waals surface area contributed by atoms with Gasteiger partial charge >= 0.3 is 5.97 Å². The fourth-order valence-electron chi connectivity index (χ4n) is 2.40. The number of fused-ring (bicyclic) bond motifs is 1. The number of amides is 1. The van der Waals surface area contributed by atoms with Crippen LogP contribution >= 0.6 is 23.2 Å². The minimum atomic E-state index is -0.842. The summed E-state index contributed by atoms with van der Waals surface area (Å²) in [5, 5.41) is 3.45. The second-order valence-corrected chi connectivity index (χ2v) is 6.50. The van der Waals surface area contributed by atoms with E-state index in [-0.39, 0.29) is 16.6 Å². The van der Waals surface area contributed by atoms with Crippen molar-refractivity contribution in [2.45, 2.75) is 13.8 Å². The summed E-state index contributed by atoms with van der Waals surface area (Å²) in [7, 11) is 0. The molecule has 0 unspecified atom stereocenters. The number of anilines is 1. The maximum Gasteiger partial charge on any atom is 0.375 e. The number of rotatable bonds is 4. The normalized spacial score (nSPS) is 10.9. The van der Waals surface area contributed by atoms with Gasteiger partial charge in [-0.05, 0) is 37.6 Å². The highest BCUT2D eigenvalue weighted by Crippen LogP contribution is 2.29. The first-order chi connectivity index (χ1) is 12.8. The third kappa shape index (κ3) is 3.89. The number of carbonyl (C=O) groups excluding carboxylic acids is 2. The van der Waals surface area contributed by atoms with Crippen LogP contribution in [0.5, 0.6) is 0 Å². The molecule has 1 aromatic carbocycles. The minimum absolute atomic E-state index is 0.0955. The number of hydrogen-bond donors (Lipinski definition) is 1. The van der Waals surface area contributed by atoms with Gasteiger partial charge in [-0.3, -0.25) is 4.79 Å². The Morgan fingerprint density at radius 3 is 2.74 bits per heavy atom. The van der Waals surface area contributed by atoms with Gasteiger partial charge in [0.2, 0.25) is 5.76 Å². The van der Waals surface area contributed by atoms with Crippen molar-refractivity contribution in [1.82, 2.24) is 4.98 Å². The van der Waals surface area contributed by atoms with Crippen LogP contribution < -0.4 is 5.32 Å². The first kappa shape index (κ1) is 19.1. The Bertz CT molecular complexity index is 1070. The molecule has 27 heavy (non-hydrogen) atoms. The Hall–Kier alpha value is -2.64. The van der Waals surface area contributed by atoms with E-state index in [0.717, 1.165) is 0 Å². The number of aromatic nitrogens is 1. The van der Waals surface area contributed by atoms with Crippen LogP contribution in [0, 0.1) is 19.7 Å². The lowest BCUT2D eigenvalue weighted by atomic mass is 10.1. The Kier molecular flexibility index (Phi) is 5.34. The molecule has 0 bridgehead atoms. The van der Waals surface area contributed by atoms with Gasteiger partial charge in [-0.2, -0.15) is 0 Å². The van der Waals surface area contributed by atoms with Crippen molar-refractivity contribution in [2.24, 2.45) is 0 Å². The maximum atomic E-state index is 13.3. The zero-order valence-corrected chi connectivity index (χ0v) is 15.7. The molecule has 0 fully saturated rings. The predicted molar refractivity (Wildman–Crippen MR) is 98.8 cm³/mol. The Morgan fingerprint density at radius 2 is 2.00 bits per heavy atom. The standard InChI is InChI=1S/C18H13Cl2FN2O4/c1-8-11-5-10(21)3-4-13(11)27-16(8)18(25)26-7-14(24)23-17-15(20)9(2)12(19)6-22-17/h3-6H,7H2,1-2H3,(H,22,23,24). The SMILES string of the molecule is Cc1c(Cl)cnc(NC(=O)COC(=O)c2oc3ccc(F)cc3c2C)c1Cl. The first-order valence-corrected chi connectivity index (χ1v) is 8.49. The molecule has 0 aliphatic carbocycles. The molecule has 0 spiro atoms. The molecule has 6 nitrogen and oxygen atoms in total. The smallest absolute Gasteiger partial charge is 0.375 e. The van der Waals surface area contributed by atoms with Gasteiger partial charge in [0.05, 0.1) is 10.0 Å². The maximum absolute atomic E-state index is 13.3. The van der Waals surface area contributed by atoms with E-state index >= 15 is 0 Å². The number of furan rings is 1. The first-order valence-electron chi connectivity index (χ1n) is 7.74. The van der Waals surface area contributed by atoms with E-state index in [1.165, 1.54) is 24.4 Å². The molecule has 0 atom stereocenters. The third-order valence-corrected chi connectivity index (χ3v) is 4.72. The number of benzene rings is 1. The van der Waals surface area contributed by atoms with Crippen LogP contribution in [-0.4, -0.2) is 23.5 Å². The molecule has 1 amide bonds. The van der Waals surface area contributed by atoms with Gasteiger partial charge in [0.15, 0.2) is 12.4 Å². The average molecular weight is 411 g/mol. The summed E-state index contributed by atoms with van der Waals surface area (Å²) in [6, 6.07) is 3.89. The largest absolute Gasteiger partial charge is 0.450 e. The van der Waals surface area contributed by atoms with Gasteiger partial charge < -0.3 is 14.5 Å². The van der Waals surface area contributed by atoms with E-state index in [2.05, 4.69) is 10.3 Å². The fraction of sp³-hybridized carbons (Fsp3) is 0.167. The summed E-state index contributed by atoms with van der Waals surface area (Å²) in [4.78, 5) is 28.1. The predicted octanol–water partition coefficient (Wildman–Crippen LogP) is 4.69. The van der Waals surface area contributed by atoms with Crippen LogP contribution in [0.3, 0.4) is 0 Å². The molecule has 9 heteroatoms. The third-order valence-electron chi connectivity index (χ3n) is 3.88. The van der Waals surface area contributed by atoms with Crippen LogP contribution in [0.25, 0.3) is 11.0 Å². The molecule has 0 aliphatic heterocycles. The van der Waals surface area contributed by atoms with Crippen LogP contribution in [0.2, 0.25) is 10.0 Å². The molecule has 0 aliphatic rings. The van der Waals surface area contributed by atoms with Gasteiger partial charge in [-0.15, -0.1) is 0 Å². The molecule has 140 valence electrons. The van der Waals surface area contributed by atoms with E-state index in [4.69, 9.17) is 32.4 Å². The fourth-order valence-corrected chi connectivity index (χ4v) is 2.79. The van der Waals surface area contributed by atoms with Crippen molar-refractivity contribution >= 4 is 51.9 Å². The van der Waals surface area contributed by atoms with Crippen LogP contribution in [0.15, 0.2) is 28.8 Å². The number of hydrogen-bond acceptors (Lipinski definition) is 5. The highest BCUT2D eigenvalue weighted by molar-refractivity contribution is 6.37. The van der Waals surface area contributed by atoms with Gasteiger partial charge in [-0.1, -0.05) is 23.2 Å². The van der Waals surface area contributed by atoms with Crippen molar-refractivity contribution in [2.75, 3.05) is 11.9 Å². The van der Waals surface area contributed by atoms with Crippen molar-refractivity contribution < 1.29 is 23.1 Å². The minimum Gasteiger partial charge on any atom is -0.450 e. The van der Waals surface area contributed by atoms with Gasteiger partial charge in [0.25, 0.3) is 5.91 Å². The molecule has 2 heterocycles. The number of ether oxygens (including phenoxy) is 1. The number of nitrogens with one attached hydrogen (secondary N) is 1. The van der Waals surface area contributed by atoms with Gasteiger partial charge in [-0.25, -0.2) is 14.2 Å². The zero-order valence-electron chi connectivity index (χ0n) is 14.2. The molecular weight excluding hydrogens is 398 g/mol. The Balaban J connectivity index is 1.68. The van der Waals surface area contributed by atoms with E-state index in [9.17, 15) is 14.0 Å². The second kappa shape index (κ2) is 7.54. The number of pyridine rings is 1. The molecule has 1 N–H and O–H groups in total. The summed E-state index contributed by atoms with van der Waals surface area (Å²) >= 11 is 12.0. The van der Waals surface area contributed by atoms with Crippen molar-refractivity contribution in [3.8, 4) is 0 Å². The van der Waals surface area contributed by atoms with E-state index in [0.29, 0.717) is 27.1 Å². The number of carbonyl (C=O) groups is 2. The Morgan fingerprint density at radius 1 is 1.26 bits per heavy atom. The van der Waals surface area contributed by atoms with Crippen molar-refractivity contribution in [3.05, 3.63) is 57.1 Å². The molecule has 0 radical (unpaired) electrons. The van der Waals surface area contributed by atoms with Crippen molar-refractivity contribution in [1.29, 1.82) is 0 Å². The van der Waals surface area contributed by atoms with Crippen LogP contribution in [-0.2, 0) is 9.53 Å². The highest BCUT2D eigenvalue weighted by atomic mass is 35.5. The lowest BCUT2D eigenvalue weighted by Gasteiger charge is -2.09. The monoisotopic (exact) mass is 410 g/mol. The second-order valence-electron chi connectivity index (χ2n) is 5.71. The summed E-state index contributed by atoms with van der Waals surface area (Å²) in [6.45, 7) is 2.70. The van der Waals surface area contributed by atoms with E-state index in [1.807, 2.05) is 0 Å². The quantitative estimate of drug-likeness (QED) is 0.631. The summed E-state index contributed by atoms with van der Waals surface area (Å²) in [5.41, 5.74) is 1.33. The highest BCUT2D eigenvalue weighted by Gasteiger charge is 2.21. The van der Waals surface area contributed by atoms with E-state index in [1.54, 1.807) is 13.8 Å². The summed E-state index contributed by atoms with van der Waals surface area (Å²) in [5.74, 6) is -1.92. The molecule has 3 rings (SSSR count). The van der Waals surface area contributed by atoms with Crippen LogP contribution in [0.4, 0.5) is 10.2 Å². The zero-order chi connectivity index (χ0) is 19.7. The molecule has 3 aromatic rings. The topological polar surface area (TPSA) is 81.4 Å². The number of halogens is 3. The van der Waals surface area contributed by atoms with Gasteiger partial charge in [0, 0.05) is 17.1 Å². The van der Waals surface area contributed by atoms with Gasteiger partial charge in [0.1, 0.15) is 11.4 Å². The molecular formula is C18H13Cl2FN2O4. The molecule has 2 aromatic heterocycles. The number of nitrogens with zero attached hydrogens (tertiary/aromatic N) is 1. The summed E-state index contributed by atoms with van der Waals surface area (Å²) < 4.78 is 23.7. The average Bonchev–Trinajstić information content (AvgIpc) is 2.96. The molecule has 0 saturated carbocycles. The van der Waals surface area contributed by atoms with Crippen molar-refractivity contribution in [3.63, 3.8) is 0 Å². The lowest BCUT2D eigenvalue weighted by Crippen LogP contribution is -2.21. The van der Waals surface area contributed by atoms with Crippen LogP contribution in [0.1, 0.15) is 21.7 Å². The molecule has 0 saturated heterocycles. The number of aryl methyl sites for hydroxylation is 1. The summed E-state index contributed by atoms with van der Waals surface area (Å²) in [6.07, 6.45) is 1.35. The Labute approximate surface area is 163 Å².